The Morgan fingerprint density at radius 1 is 1.16 bits per heavy atom. The van der Waals surface area contributed by atoms with Gasteiger partial charge in [0.05, 0.1) is 7.11 Å². The number of para-hydroxylation sites is 2. The van der Waals surface area contributed by atoms with Gasteiger partial charge in [0.25, 0.3) is 0 Å². The lowest BCUT2D eigenvalue weighted by Gasteiger charge is -2.45. The Labute approximate surface area is 154 Å². The maximum absolute atomic E-state index is 12.7. The number of nitrogens with zero attached hydrogens (tertiary/aromatic N) is 3. The van der Waals surface area contributed by atoms with Crippen molar-refractivity contribution in [3.05, 3.63) is 24.3 Å². The highest BCUT2D eigenvalue weighted by Gasteiger charge is 2.50. The first-order valence-electron chi connectivity index (χ1n) is 8.68. The van der Waals surface area contributed by atoms with Crippen LogP contribution in [0, 0.1) is 0 Å². The number of ketones is 1. The molecule has 138 valence electrons. The summed E-state index contributed by atoms with van der Waals surface area (Å²) in [4.78, 5) is 14.3. The number of likely N-dealkylation sites (N-methyl/N-ethyl adjacent to an activating group) is 1. The number of benzene rings is 1. The van der Waals surface area contributed by atoms with Crippen molar-refractivity contribution in [2.75, 3.05) is 59.2 Å². The quantitative estimate of drug-likeness (QED) is 0.758. The van der Waals surface area contributed by atoms with E-state index in [4.69, 9.17) is 9.47 Å². The molecule has 0 aliphatic carbocycles. The van der Waals surface area contributed by atoms with E-state index in [0.717, 1.165) is 38.5 Å². The number of hydrogen-bond acceptors (Lipinski definition) is 7. The van der Waals surface area contributed by atoms with Crippen LogP contribution in [0.5, 0.6) is 11.5 Å². The van der Waals surface area contributed by atoms with Gasteiger partial charge < -0.3 is 14.4 Å². The molecule has 2 aliphatic heterocycles. The summed E-state index contributed by atoms with van der Waals surface area (Å²) in [6.45, 7) is 6.79. The monoisotopic (exact) mass is 365 g/mol. The molecule has 0 amide bonds. The number of Topliss-reactive ketones (excluding diaryl/α,β-unsaturated/α-hetero) is 1. The third-order valence-corrected chi connectivity index (χ3v) is 6.40. The van der Waals surface area contributed by atoms with Gasteiger partial charge in [0, 0.05) is 38.5 Å². The van der Waals surface area contributed by atoms with Crippen LogP contribution in [0.15, 0.2) is 24.3 Å². The molecular weight excluding hydrogens is 338 g/mol. The molecule has 1 unspecified atom stereocenters. The van der Waals surface area contributed by atoms with Crippen LogP contribution < -0.4 is 9.47 Å². The molecule has 0 spiro atoms. The fourth-order valence-corrected chi connectivity index (χ4v) is 4.68. The van der Waals surface area contributed by atoms with E-state index in [1.807, 2.05) is 24.3 Å². The zero-order valence-electron chi connectivity index (χ0n) is 15.2. The molecule has 2 saturated heterocycles. The van der Waals surface area contributed by atoms with Gasteiger partial charge in [-0.15, -0.1) is 11.8 Å². The molecule has 0 N–H and O–H groups in total. The predicted octanol–water partition coefficient (Wildman–Crippen LogP) is 1.57. The molecule has 0 radical (unpaired) electrons. The fraction of sp³-hybridized carbons (Fsp3) is 0.611. The molecule has 6 nitrogen and oxygen atoms in total. The first-order valence-corrected chi connectivity index (χ1v) is 9.67. The number of hydrazine groups is 1. The van der Waals surface area contributed by atoms with Crippen LogP contribution in [0.1, 0.15) is 6.92 Å². The van der Waals surface area contributed by atoms with E-state index in [0.29, 0.717) is 18.1 Å². The molecule has 0 aromatic heterocycles. The van der Waals surface area contributed by atoms with Crippen molar-refractivity contribution in [2.24, 2.45) is 0 Å². The van der Waals surface area contributed by atoms with Gasteiger partial charge >= 0.3 is 0 Å². The van der Waals surface area contributed by atoms with Crippen LogP contribution in [-0.4, -0.2) is 84.8 Å². The number of ether oxygens (including phenoxy) is 2. The summed E-state index contributed by atoms with van der Waals surface area (Å²) in [6.07, 6.45) is 0. The Hall–Kier alpha value is -1.28. The Morgan fingerprint density at radius 3 is 2.48 bits per heavy atom. The lowest BCUT2D eigenvalue weighted by molar-refractivity contribution is -0.141. The molecule has 0 bridgehead atoms. The summed E-state index contributed by atoms with van der Waals surface area (Å²) in [5.74, 6) is 2.44. The van der Waals surface area contributed by atoms with E-state index in [-0.39, 0.29) is 5.78 Å². The number of methoxy groups -OCH3 is 1. The van der Waals surface area contributed by atoms with Crippen molar-refractivity contribution in [1.82, 2.24) is 14.9 Å². The topological polar surface area (TPSA) is 45.3 Å². The highest BCUT2D eigenvalue weighted by atomic mass is 32.2. The lowest BCUT2D eigenvalue weighted by Crippen LogP contribution is -2.62. The van der Waals surface area contributed by atoms with Crippen molar-refractivity contribution in [1.29, 1.82) is 0 Å². The van der Waals surface area contributed by atoms with Gasteiger partial charge in [-0.3, -0.25) is 4.79 Å². The zero-order valence-corrected chi connectivity index (χ0v) is 16.1. The minimum absolute atomic E-state index is 0.142. The van der Waals surface area contributed by atoms with E-state index < -0.39 is 4.87 Å². The largest absolute Gasteiger partial charge is 0.493 e. The second-order valence-corrected chi connectivity index (χ2v) is 7.88. The van der Waals surface area contributed by atoms with Crippen LogP contribution in [0.25, 0.3) is 0 Å². The highest BCUT2D eigenvalue weighted by molar-refractivity contribution is 8.01. The standard InChI is InChI=1S/C18H27N3O3S/c1-15(22)18(14-24-17-7-5-4-6-16(17)23-3)21(12-13-25-18)20-10-8-19(2)9-11-20/h4-7H,8-14H2,1-3H3. The maximum atomic E-state index is 12.7. The average molecular weight is 365 g/mol. The van der Waals surface area contributed by atoms with E-state index in [9.17, 15) is 4.79 Å². The third kappa shape index (κ3) is 3.79. The van der Waals surface area contributed by atoms with Gasteiger partial charge in [0.1, 0.15) is 6.61 Å². The molecule has 0 saturated carbocycles. The van der Waals surface area contributed by atoms with Crippen LogP contribution in [-0.2, 0) is 4.79 Å². The first kappa shape index (κ1) is 18.5. The molecule has 2 fully saturated rings. The summed E-state index contributed by atoms with van der Waals surface area (Å²) in [7, 11) is 3.77. The SMILES string of the molecule is COc1ccccc1OCC1(C(C)=O)SCCN1N1CCN(C)CC1. The Kier molecular flexibility index (Phi) is 5.89. The van der Waals surface area contributed by atoms with Gasteiger partial charge in [-0.05, 0) is 26.1 Å². The molecule has 1 atom stereocenters. The Morgan fingerprint density at radius 2 is 1.84 bits per heavy atom. The maximum Gasteiger partial charge on any atom is 0.173 e. The van der Waals surface area contributed by atoms with E-state index in [1.165, 1.54) is 0 Å². The summed E-state index contributed by atoms with van der Waals surface area (Å²) < 4.78 is 11.4. The van der Waals surface area contributed by atoms with Crippen LogP contribution >= 0.6 is 11.8 Å². The zero-order chi connectivity index (χ0) is 17.9. The highest BCUT2D eigenvalue weighted by Crippen LogP contribution is 2.39. The van der Waals surface area contributed by atoms with E-state index in [1.54, 1.807) is 25.8 Å². The van der Waals surface area contributed by atoms with E-state index in [2.05, 4.69) is 22.0 Å². The van der Waals surface area contributed by atoms with Crippen molar-refractivity contribution in [3.8, 4) is 11.5 Å². The van der Waals surface area contributed by atoms with E-state index >= 15 is 0 Å². The summed E-state index contributed by atoms with van der Waals surface area (Å²) >= 11 is 1.69. The molecule has 3 rings (SSSR count). The smallest absolute Gasteiger partial charge is 0.173 e. The molecule has 1 aromatic rings. The van der Waals surface area contributed by atoms with Gasteiger partial charge in [0.2, 0.25) is 0 Å². The molecule has 2 heterocycles. The number of carbonyl (C=O) groups is 1. The normalized spacial score (nSPS) is 25.9. The number of carbonyl (C=O) groups excluding carboxylic acids is 1. The summed E-state index contributed by atoms with van der Waals surface area (Å²) in [6, 6.07) is 7.58. The minimum Gasteiger partial charge on any atom is -0.493 e. The van der Waals surface area contributed by atoms with Crippen molar-refractivity contribution >= 4 is 17.5 Å². The van der Waals surface area contributed by atoms with Gasteiger partial charge in [0.15, 0.2) is 22.2 Å². The van der Waals surface area contributed by atoms with Crippen molar-refractivity contribution in [2.45, 2.75) is 11.8 Å². The number of rotatable bonds is 6. The summed E-state index contributed by atoms with van der Waals surface area (Å²) in [5, 5.41) is 4.56. The van der Waals surface area contributed by atoms with Crippen LogP contribution in [0.2, 0.25) is 0 Å². The fourth-order valence-electron chi connectivity index (χ4n) is 3.38. The Balaban J connectivity index is 1.77. The third-order valence-electron chi connectivity index (χ3n) is 4.92. The molecule has 2 aliphatic rings. The van der Waals surface area contributed by atoms with Crippen LogP contribution in [0.4, 0.5) is 0 Å². The lowest BCUT2D eigenvalue weighted by atomic mass is 10.2. The van der Waals surface area contributed by atoms with Gasteiger partial charge in [-0.25, -0.2) is 10.0 Å². The first-order chi connectivity index (χ1) is 12.1. The Bertz CT molecular complexity index is 607. The molecule has 1 aromatic carbocycles. The number of hydrogen-bond donors (Lipinski definition) is 0. The van der Waals surface area contributed by atoms with Crippen molar-refractivity contribution < 1.29 is 14.3 Å². The van der Waals surface area contributed by atoms with Gasteiger partial charge in [-0.2, -0.15) is 0 Å². The number of thioether (sulfide) groups is 1. The van der Waals surface area contributed by atoms with Crippen LogP contribution in [0.3, 0.4) is 0 Å². The minimum atomic E-state index is -0.656. The molecule has 25 heavy (non-hydrogen) atoms. The van der Waals surface area contributed by atoms with Gasteiger partial charge in [-0.1, -0.05) is 12.1 Å². The predicted molar refractivity (Wildman–Crippen MR) is 100 cm³/mol. The number of piperazine rings is 1. The second kappa shape index (κ2) is 7.95. The van der Waals surface area contributed by atoms with Crippen molar-refractivity contribution in [3.63, 3.8) is 0 Å². The summed E-state index contributed by atoms with van der Waals surface area (Å²) in [5.41, 5.74) is 0. The average Bonchev–Trinajstić information content (AvgIpc) is 3.06. The molecular formula is C18H27N3O3S. The molecule has 7 heteroatoms. The second-order valence-electron chi connectivity index (χ2n) is 6.51.